The van der Waals surface area contributed by atoms with Gasteiger partial charge in [-0.1, -0.05) is 36.4 Å². The predicted molar refractivity (Wildman–Crippen MR) is 119 cm³/mol. The summed E-state index contributed by atoms with van der Waals surface area (Å²) in [7, 11) is 0. The molecule has 0 aliphatic carbocycles. The Bertz CT molecular complexity index is 1050. The minimum absolute atomic E-state index is 0.114. The van der Waals surface area contributed by atoms with Crippen molar-refractivity contribution in [2.75, 3.05) is 5.01 Å². The van der Waals surface area contributed by atoms with Gasteiger partial charge in [-0.05, 0) is 36.5 Å². The Kier molecular flexibility index (Phi) is 7.84. The molecule has 0 saturated carbocycles. The fourth-order valence-electron chi connectivity index (χ4n) is 2.79. The van der Waals surface area contributed by atoms with Crippen molar-refractivity contribution in [1.29, 1.82) is 5.53 Å². The molecular weight excluding hydrogens is 565 g/mol. The van der Waals surface area contributed by atoms with Gasteiger partial charge in [0, 0.05) is 0 Å². The maximum atomic E-state index is 6.92. The van der Waals surface area contributed by atoms with Crippen molar-refractivity contribution in [2.24, 2.45) is 5.11 Å². The van der Waals surface area contributed by atoms with Gasteiger partial charge in [0.25, 0.3) is 0 Å². The van der Waals surface area contributed by atoms with Crippen LogP contribution in [0, 0.1) is 5.53 Å². The normalized spacial score (nSPS) is 9.86. The van der Waals surface area contributed by atoms with E-state index in [4.69, 9.17) is 17.7 Å². The van der Waals surface area contributed by atoms with E-state index in [1.807, 2.05) is 60.7 Å². The number of hydrogen-bond donors (Lipinski definition) is 2. The molecule has 4 nitrogen and oxygen atoms in total. The Morgan fingerprint density at radius 2 is 1.28 bits per heavy atom. The molecule has 0 radical (unpaired) electrons. The molecule has 0 aromatic heterocycles. The van der Waals surface area contributed by atoms with E-state index in [0.717, 1.165) is 37.5 Å². The molecule has 0 saturated heterocycles. The molecule has 0 atom stereocenters. The standard InChI is InChI=1S/C13H12N4S.C10H7.Hg/c14-15-13(18)16-17(11-7-3-1-4-8-11)12-9-5-2-6-10-12;1-2-6-10-8-4-3-7-9(10)5-1;/h1-10,14H,(H,16,18);1-3,5-8H;. The first-order chi connectivity index (χ1) is 14.2. The number of benzene rings is 4. The van der Waals surface area contributed by atoms with Gasteiger partial charge in [-0.2, -0.15) is 0 Å². The van der Waals surface area contributed by atoms with Crippen molar-refractivity contribution in [3.05, 3.63) is 103 Å². The Labute approximate surface area is 192 Å². The van der Waals surface area contributed by atoms with Crippen LogP contribution in [0.3, 0.4) is 0 Å². The van der Waals surface area contributed by atoms with Crippen molar-refractivity contribution in [3.8, 4) is 0 Å². The molecule has 0 amide bonds. The van der Waals surface area contributed by atoms with E-state index in [-0.39, 0.29) is 5.11 Å². The van der Waals surface area contributed by atoms with E-state index in [2.05, 4.69) is 53.0 Å². The first-order valence-electron chi connectivity index (χ1n) is 9.06. The van der Waals surface area contributed by atoms with Crippen LogP contribution in [-0.4, -0.2) is 5.11 Å². The summed E-state index contributed by atoms with van der Waals surface area (Å²) in [6.45, 7) is 0. The number of nitrogens with one attached hydrogen (secondary N) is 2. The van der Waals surface area contributed by atoms with Gasteiger partial charge < -0.3 is 0 Å². The van der Waals surface area contributed by atoms with Crippen molar-refractivity contribution >= 4 is 42.5 Å². The number of hydrogen-bond acceptors (Lipinski definition) is 3. The van der Waals surface area contributed by atoms with Crippen molar-refractivity contribution in [3.63, 3.8) is 0 Å². The number of thiocarbonyl (C=S) groups is 1. The molecule has 0 unspecified atom stereocenters. The van der Waals surface area contributed by atoms with Crippen molar-refractivity contribution in [1.82, 2.24) is 5.43 Å². The first-order valence-corrected chi connectivity index (χ1v) is 12.2. The fraction of sp³-hybridized carbons (Fsp3) is 0. The predicted octanol–water partition coefficient (Wildman–Crippen LogP) is 5.66. The Morgan fingerprint density at radius 1 is 0.759 bits per heavy atom. The van der Waals surface area contributed by atoms with E-state index in [9.17, 15) is 0 Å². The Balaban J connectivity index is 0.000000186. The second kappa shape index (κ2) is 10.8. The van der Waals surface area contributed by atoms with E-state index < -0.39 is 0 Å². The van der Waals surface area contributed by atoms with Crippen LogP contribution < -0.4 is 13.5 Å². The van der Waals surface area contributed by atoms with Crippen LogP contribution in [0.15, 0.2) is 108 Å². The van der Waals surface area contributed by atoms with E-state index in [0.29, 0.717) is 0 Å². The second-order valence-electron chi connectivity index (χ2n) is 6.22. The van der Waals surface area contributed by atoms with Crippen LogP contribution in [-0.2, 0) is 26.1 Å². The zero-order valence-corrected chi connectivity index (χ0v) is 22.1. The van der Waals surface area contributed by atoms with Crippen LogP contribution in [0.25, 0.3) is 10.8 Å². The molecule has 2 N–H and O–H groups in total. The number of hydrazine groups is 1. The number of nitrogens with zero attached hydrogens (tertiary/aromatic N) is 2. The van der Waals surface area contributed by atoms with E-state index in [1.165, 1.54) is 13.8 Å². The summed E-state index contributed by atoms with van der Waals surface area (Å²) in [5.74, 6) is 0. The topological polar surface area (TPSA) is 51.5 Å². The van der Waals surface area contributed by atoms with Crippen LogP contribution in [0.2, 0.25) is 0 Å². The van der Waals surface area contributed by atoms with Gasteiger partial charge in [0.2, 0.25) is 5.11 Å². The fourth-order valence-corrected chi connectivity index (χ4v) is 4.20. The summed E-state index contributed by atoms with van der Waals surface area (Å²) < 4.78 is 1.52. The molecule has 6 heteroatoms. The third-order valence-corrected chi connectivity index (χ3v) is 6.04. The molecule has 0 heterocycles. The molecule has 0 aliphatic heterocycles. The molecule has 4 aromatic rings. The number of rotatable bonds is 3. The first kappa shape index (κ1) is 21.1. The second-order valence-corrected chi connectivity index (χ2v) is 9.78. The summed E-state index contributed by atoms with van der Waals surface area (Å²) in [5.41, 5.74) is 11.7. The van der Waals surface area contributed by atoms with Gasteiger partial charge in [0.05, 0.1) is 11.4 Å². The maximum absolute atomic E-state index is 6.92. The Hall–Kier alpha value is -2.63. The molecule has 0 bridgehead atoms. The molecule has 4 aromatic carbocycles. The number of fused-ring (bicyclic) bond motifs is 1. The summed E-state index contributed by atoms with van der Waals surface area (Å²) in [4.78, 5) is 0. The summed E-state index contributed by atoms with van der Waals surface area (Å²) in [6.07, 6.45) is 0. The SMILES string of the molecule is N=NC(=S)NN(c1ccccc1)c1ccccc1.[Hg][c]1ccc2ccccc2c1. The van der Waals surface area contributed by atoms with Crippen LogP contribution in [0.1, 0.15) is 0 Å². The van der Waals surface area contributed by atoms with Gasteiger partial charge in [-0.15, -0.1) is 5.11 Å². The molecular formula is C23H19HgN4S. The van der Waals surface area contributed by atoms with Crippen LogP contribution in [0.4, 0.5) is 11.4 Å². The van der Waals surface area contributed by atoms with E-state index >= 15 is 0 Å². The molecule has 29 heavy (non-hydrogen) atoms. The molecule has 4 rings (SSSR count). The molecule has 139 valence electrons. The van der Waals surface area contributed by atoms with Crippen LogP contribution in [0.5, 0.6) is 0 Å². The van der Waals surface area contributed by atoms with Crippen LogP contribution >= 0.6 is 12.2 Å². The summed E-state index contributed by atoms with van der Waals surface area (Å²) >= 11 is 5.68. The zero-order valence-electron chi connectivity index (χ0n) is 15.8. The number of para-hydroxylation sites is 2. The monoisotopic (exact) mass is 585 g/mol. The molecule has 0 spiro atoms. The van der Waals surface area contributed by atoms with Gasteiger partial charge in [-0.3, -0.25) is 10.4 Å². The third-order valence-electron chi connectivity index (χ3n) is 4.15. The average Bonchev–Trinajstić information content (AvgIpc) is 2.79. The quantitative estimate of drug-likeness (QED) is 0.142. The number of anilines is 2. The Morgan fingerprint density at radius 3 is 1.83 bits per heavy atom. The van der Waals surface area contributed by atoms with Crippen molar-refractivity contribution in [2.45, 2.75) is 0 Å². The molecule has 0 fully saturated rings. The molecule has 0 aliphatic rings. The van der Waals surface area contributed by atoms with Crippen molar-refractivity contribution < 1.29 is 26.1 Å². The average molecular weight is 584 g/mol. The van der Waals surface area contributed by atoms with E-state index in [1.54, 1.807) is 5.01 Å². The third kappa shape index (κ3) is 6.17. The van der Waals surface area contributed by atoms with Gasteiger partial charge >= 0.3 is 82.4 Å². The van der Waals surface area contributed by atoms with Gasteiger partial charge in [0.15, 0.2) is 0 Å². The zero-order chi connectivity index (χ0) is 20.5. The summed E-state index contributed by atoms with van der Waals surface area (Å²) in [6, 6.07) is 34.7. The summed E-state index contributed by atoms with van der Waals surface area (Å²) in [5, 5.41) is 7.84. The minimum atomic E-state index is 0.114. The van der Waals surface area contributed by atoms with Gasteiger partial charge in [0.1, 0.15) is 0 Å². The van der Waals surface area contributed by atoms with Gasteiger partial charge in [-0.25, -0.2) is 5.53 Å².